The molecule has 5 aliphatic rings. The van der Waals surface area contributed by atoms with Crippen molar-refractivity contribution in [3.05, 3.63) is 65.9 Å². The van der Waals surface area contributed by atoms with Crippen molar-refractivity contribution in [2.24, 2.45) is 11.8 Å². The Morgan fingerprint density at radius 1 is 0.721 bits per heavy atom. The second-order valence-electron chi connectivity index (χ2n) is 19.6. The van der Waals surface area contributed by atoms with Gasteiger partial charge in [-0.15, -0.1) is 0 Å². The Morgan fingerprint density at radius 3 is 1.90 bits per heavy atom. The molecule has 4 fully saturated rings. The Balaban J connectivity index is 0.876. The lowest BCUT2D eigenvalue weighted by atomic mass is 9.85. The fourth-order valence-electron chi connectivity index (χ4n) is 11.9. The van der Waals surface area contributed by atoms with E-state index >= 15 is 0 Å². The molecule has 0 spiro atoms. The number of carbonyl (C=O) groups excluding carboxylic acids is 4. The minimum absolute atomic E-state index is 0.0256. The molecule has 17 heteroatoms. The predicted octanol–water partition coefficient (Wildman–Crippen LogP) is 7.85. The van der Waals surface area contributed by atoms with Gasteiger partial charge in [-0.25, -0.2) is 19.6 Å². The van der Waals surface area contributed by atoms with Crippen LogP contribution in [0.1, 0.15) is 108 Å². The monoisotopic (exact) mass is 930 g/mol. The van der Waals surface area contributed by atoms with E-state index < -0.39 is 24.3 Å². The summed E-state index contributed by atoms with van der Waals surface area (Å²) < 4.78 is 28.3. The van der Waals surface area contributed by atoms with Gasteiger partial charge in [-0.05, 0) is 137 Å². The predicted molar refractivity (Wildman–Crippen MR) is 252 cm³/mol. The van der Waals surface area contributed by atoms with Crippen molar-refractivity contribution >= 4 is 45.8 Å². The van der Waals surface area contributed by atoms with Gasteiger partial charge in [-0.1, -0.05) is 18.2 Å². The number of rotatable bonds is 9. The highest BCUT2D eigenvalue weighted by atomic mass is 16.5. The zero-order valence-corrected chi connectivity index (χ0v) is 39.6. The SMILES string of the molecule is COC(=O)NC(C(=O)N1CCCC1c1ncc(-c2ccc3c(c2)COc2cc4c(ccc5[nH]c(C6CCCN6C(=O)C(NC(=O)OC)C6CC(C)OC(C)C6)nc54)cc2-3)[nH]1)C1CC(C)OC(C)C1. The van der Waals surface area contributed by atoms with Gasteiger partial charge in [0, 0.05) is 24.0 Å². The number of amides is 4. The minimum Gasteiger partial charge on any atom is -0.488 e. The summed E-state index contributed by atoms with van der Waals surface area (Å²) in [6, 6.07) is 12.7. The Bertz CT molecular complexity index is 2720. The van der Waals surface area contributed by atoms with Gasteiger partial charge in [0.2, 0.25) is 11.8 Å². The zero-order chi connectivity index (χ0) is 47.4. The largest absolute Gasteiger partial charge is 0.488 e. The molecule has 0 aliphatic carbocycles. The number of H-pyrrole nitrogens is 2. The van der Waals surface area contributed by atoms with E-state index in [1.165, 1.54) is 14.2 Å². The summed E-state index contributed by atoms with van der Waals surface area (Å²) in [5.74, 6) is 1.75. The highest BCUT2D eigenvalue weighted by molar-refractivity contribution is 6.07. The normalized spacial score (nSPS) is 26.7. The smallest absolute Gasteiger partial charge is 0.407 e. The summed E-state index contributed by atoms with van der Waals surface area (Å²) in [5.41, 5.74) is 6.58. The molecule has 2 aromatic heterocycles. The molecule has 8 unspecified atom stereocenters. The quantitative estimate of drug-likeness (QED) is 0.112. The number of hydrogen-bond donors (Lipinski definition) is 4. The van der Waals surface area contributed by atoms with Crippen molar-refractivity contribution in [3.63, 3.8) is 0 Å². The maximum atomic E-state index is 14.4. The van der Waals surface area contributed by atoms with Crippen LogP contribution in [0.5, 0.6) is 5.75 Å². The van der Waals surface area contributed by atoms with E-state index in [1.807, 2.05) is 49.8 Å². The first-order chi connectivity index (χ1) is 32.8. The molecule has 17 nitrogen and oxygen atoms in total. The number of benzene rings is 3. The number of aromatic nitrogens is 4. The van der Waals surface area contributed by atoms with Crippen LogP contribution in [0.15, 0.2) is 48.7 Å². The zero-order valence-electron chi connectivity index (χ0n) is 39.6. The van der Waals surface area contributed by atoms with Crippen LogP contribution in [-0.2, 0) is 35.1 Å². The van der Waals surface area contributed by atoms with E-state index in [-0.39, 0.29) is 60.1 Å². The van der Waals surface area contributed by atoms with E-state index in [1.54, 1.807) is 0 Å². The lowest BCUT2D eigenvalue weighted by molar-refractivity contribution is -0.139. The second-order valence-corrected chi connectivity index (χ2v) is 19.6. The molecule has 4 N–H and O–H groups in total. The summed E-state index contributed by atoms with van der Waals surface area (Å²) >= 11 is 0. The van der Waals surface area contributed by atoms with E-state index in [2.05, 4.69) is 57.0 Å². The molecule has 0 saturated carbocycles. The van der Waals surface area contributed by atoms with Crippen molar-refractivity contribution in [1.29, 1.82) is 0 Å². The van der Waals surface area contributed by atoms with Crippen LogP contribution >= 0.6 is 0 Å². The minimum atomic E-state index is -0.741. The number of ether oxygens (including phenoxy) is 5. The van der Waals surface area contributed by atoms with Gasteiger partial charge < -0.3 is 54.1 Å². The summed E-state index contributed by atoms with van der Waals surface area (Å²) in [5, 5.41) is 7.70. The topological polar surface area (TPSA) is 202 Å². The molecule has 0 bridgehead atoms. The Morgan fingerprint density at radius 2 is 1.31 bits per heavy atom. The highest BCUT2D eigenvalue weighted by Crippen LogP contribution is 2.44. The van der Waals surface area contributed by atoms with Gasteiger partial charge in [0.25, 0.3) is 0 Å². The third-order valence-corrected chi connectivity index (χ3v) is 14.8. The first-order valence-electron chi connectivity index (χ1n) is 24.2. The average Bonchev–Trinajstić information content (AvgIpc) is 4.17. The number of methoxy groups -OCH3 is 2. The van der Waals surface area contributed by atoms with Gasteiger partial charge in [0.15, 0.2) is 0 Å². The van der Waals surface area contributed by atoms with Crippen LogP contribution in [-0.4, -0.2) is 118 Å². The van der Waals surface area contributed by atoms with E-state index in [0.717, 1.165) is 81.2 Å². The standard InChI is InChI=1S/C51H62N8O9/c1-26-17-32(18-27(2)67-26)43(56-50(62)64-5)48(60)58-15-7-9-40(58)46-52-24-39(54-46)31-11-13-35-34(21-31)25-66-42-23-36-30(22-37(35)42)12-14-38-45(36)55-47(53-38)41-10-8-16-59(41)49(61)44(57-51(63)65-6)33-19-28(3)68-29(4)20-33/h11-14,21-24,26-29,32-33,40-41,43-44H,7-10,15-20,25H2,1-6H3,(H,52,54)(H,53,55)(H,56,62)(H,57,63). The number of carbonyl (C=O) groups is 4. The number of hydrogen-bond acceptors (Lipinski definition) is 11. The number of aromatic amines is 2. The van der Waals surface area contributed by atoms with E-state index in [0.29, 0.717) is 57.0 Å². The summed E-state index contributed by atoms with van der Waals surface area (Å²) in [6.07, 6.45) is 6.24. The molecule has 10 rings (SSSR count). The van der Waals surface area contributed by atoms with Crippen LogP contribution in [0.3, 0.4) is 0 Å². The average molecular weight is 931 g/mol. The third-order valence-electron chi connectivity index (χ3n) is 14.8. The molecular formula is C51H62N8O9. The van der Waals surface area contributed by atoms with Crippen LogP contribution in [0.25, 0.3) is 44.2 Å². The van der Waals surface area contributed by atoms with Gasteiger partial charge in [-0.2, -0.15) is 0 Å². The number of alkyl carbamates (subject to hydrolysis) is 2. The Labute approximate surface area is 395 Å². The molecule has 0 radical (unpaired) electrons. The van der Waals surface area contributed by atoms with Crippen molar-refractivity contribution in [2.45, 2.75) is 134 Å². The summed E-state index contributed by atoms with van der Waals surface area (Å²) in [6.45, 7) is 9.52. The van der Waals surface area contributed by atoms with E-state index in [9.17, 15) is 19.2 Å². The van der Waals surface area contributed by atoms with Gasteiger partial charge in [0.05, 0.1) is 73.6 Å². The molecule has 360 valence electrons. The Kier molecular flexibility index (Phi) is 12.5. The molecule has 8 atom stereocenters. The first kappa shape index (κ1) is 45.6. The van der Waals surface area contributed by atoms with Gasteiger partial charge in [0.1, 0.15) is 36.1 Å². The third kappa shape index (κ3) is 8.74. The van der Waals surface area contributed by atoms with Crippen molar-refractivity contribution in [3.8, 4) is 28.1 Å². The molecule has 4 amide bonds. The van der Waals surface area contributed by atoms with Crippen molar-refractivity contribution < 1.29 is 42.9 Å². The second kappa shape index (κ2) is 18.7. The molecule has 4 saturated heterocycles. The lowest BCUT2D eigenvalue weighted by Gasteiger charge is -2.38. The number of nitrogens with one attached hydrogen (secondary N) is 4. The molecule has 5 aliphatic heterocycles. The van der Waals surface area contributed by atoms with Crippen LogP contribution < -0.4 is 15.4 Å². The number of nitrogens with zero attached hydrogens (tertiary/aromatic N) is 4. The molecule has 68 heavy (non-hydrogen) atoms. The highest BCUT2D eigenvalue weighted by Gasteiger charge is 2.44. The fourth-order valence-corrected chi connectivity index (χ4v) is 11.9. The molecule has 3 aromatic carbocycles. The first-order valence-corrected chi connectivity index (χ1v) is 24.2. The lowest BCUT2D eigenvalue weighted by Crippen LogP contribution is -2.54. The number of imidazole rings is 2. The molecule has 7 heterocycles. The maximum Gasteiger partial charge on any atom is 0.407 e. The van der Waals surface area contributed by atoms with Gasteiger partial charge in [-0.3, -0.25) is 9.59 Å². The molecular weight excluding hydrogens is 869 g/mol. The summed E-state index contributed by atoms with van der Waals surface area (Å²) in [4.78, 5) is 74.6. The van der Waals surface area contributed by atoms with Crippen molar-refractivity contribution in [1.82, 2.24) is 40.4 Å². The fraction of sp³-hybridized carbons (Fsp3) is 0.529. The molecule has 5 aromatic rings. The maximum absolute atomic E-state index is 14.4. The summed E-state index contributed by atoms with van der Waals surface area (Å²) in [7, 11) is 2.63. The van der Waals surface area contributed by atoms with Crippen molar-refractivity contribution in [2.75, 3.05) is 27.3 Å². The van der Waals surface area contributed by atoms with Crippen LogP contribution in [0.4, 0.5) is 9.59 Å². The van der Waals surface area contributed by atoms with E-state index in [4.69, 9.17) is 33.7 Å². The Hall–Kier alpha value is -6.20. The van der Waals surface area contributed by atoms with Crippen LogP contribution in [0.2, 0.25) is 0 Å². The number of likely N-dealkylation sites (tertiary alicyclic amines) is 2. The van der Waals surface area contributed by atoms with Gasteiger partial charge >= 0.3 is 12.2 Å². The van der Waals surface area contributed by atoms with Crippen LogP contribution in [0, 0.1) is 11.8 Å². The number of fused-ring (bicyclic) bond motifs is 6.